The number of thiophene rings is 1. The summed E-state index contributed by atoms with van der Waals surface area (Å²) in [6, 6.07) is 18.7. The van der Waals surface area contributed by atoms with E-state index in [0.29, 0.717) is 10.6 Å². The topological polar surface area (TPSA) is 82.7 Å². The molecule has 0 saturated carbocycles. The molecule has 2 aromatic carbocycles. The summed E-state index contributed by atoms with van der Waals surface area (Å²) in [6.07, 6.45) is 0. The van der Waals surface area contributed by atoms with E-state index in [4.69, 9.17) is 11.6 Å². The minimum absolute atomic E-state index is 0.221. The lowest BCUT2D eigenvalue weighted by atomic mass is 9.91. The monoisotopic (exact) mass is 407 g/mol. The lowest BCUT2D eigenvalue weighted by molar-refractivity contribution is -0.481. The molecule has 0 bridgehead atoms. The summed E-state index contributed by atoms with van der Waals surface area (Å²) in [5.41, 5.74) is 3.77. The van der Waals surface area contributed by atoms with Gasteiger partial charge < -0.3 is 4.98 Å². The number of nitriles is 1. The fraction of sp³-hybridized carbons (Fsp3) is 0.0952. The van der Waals surface area contributed by atoms with Gasteiger partial charge >= 0.3 is 0 Å². The average molecular weight is 408 g/mol. The van der Waals surface area contributed by atoms with Gasteiger partial charge in [0.15, 0.2) is 0 Å². The van der Waals surface area contributed by atoms with Gasteiger partial charge in [-0.2, -0.15) is 5.26 Å². The number of nitrogens with zero attached hydrogens (tertiary/aromatic N) is 2. The van der Waals surface area contributed by atoms with Gasteiger partial charge in [-0.05, 0) is 41.3 Å². The highest BCUT2D eigenvalue weighted by atomic mass is 35.5. The van der Waals surface area contributed by atoms with E-state index in [1.54, 1.807) is 18.2 Å². The molecular weight excluding hydrogens is 394 g/mol. The molecule has 2 aromatic heterocycles. The van der Waals surface area contributed by atoms with Crippen molar-refractivity contribution in [2.75, 3.05) is 6.54 Å². The normalized spacial score (nSPS) is 12.0. The molecule has 5 nitrogen and oxygen atoms in total. The van der Waals surface area contributed by atoms with Crippen LogP contribution in [0.1, 0.15) is 21.9 Å². The first-order valence-electron chi connectivity index (χ1n) is 8.53. The Hall–Kier alpha value is -3.14. The highest BCUT2D eigenvalue weighted by molar-refractivity contribution is 7.10. The van der Waals surface area contributed by atoms with Gasteiger partial charge in [0.2, 0.25) is 6.54 Å². The summed E-state index contributed by atoms with van der Waals surface area (Å²) < 4.78 is 0. The molecule has 2 heterocycles. The maximum Gasteiger partial charge on any atom is 0.215 e. The molecule has 0 aliphatic rings. The number of aromatic amines is 1. The fourth-order valence-electron chi connectivity index (χ4n) is 3.49. The van der Waals surface area contributed by atoms with E-state index in [1.165, 1.54) is 11.3 Å². The number of aromatic nitrogens is 1. The first kappa shape index (κ1) is 18.2. The van der Waals surface area contributed by atoms with Crippen LogP contribution in [0.4, 0.5) is 0 Å². The minimum atomic E-state index is -0.411. The molecule has 1 unspecified atom stereocenters. The van der Waals surface area contributed by atoms with E-state index >= 15 is 0 Å². The van der Waals surface area contributed by atoms with Crippen LogP contribution in [0, 0.1) is 21.4 Å². The Morgan fingerprint density at radius 2 is 2.07 bits per heavy atom. The summed E-state index contributed by atoms with van der Waals surface area (Å²) in [5, 5.41) is 24.1. The van der Waals surface area contributed by atoms with Crippen molar-refractivity contribution in [3.63, 3.8) is 0 Å². The first-order chi connectivity index (χ1) is 13.6. The molecule has 4 rings (SSSR count). The van der Waals surface area contributed by atoms with Crippen LogP contribution < -0.4 is 0 Å². The molecule has 1 atom stereocenters. The van der Waals surface area contributed by atoms with Gasteiger partial charge in [0.1, 0.15) is 0 Å². The molecule has 0 amide bonds. The molecule has 0 radical (unpaired) electrons. The van der Waals surface area contributed by atoms with Gasteiger partial charge in [-0.15, -0.1) is 11.3 Å². The van der Waals surface area contributed by atoms with Crippen molar-refractivity contribution in [2.45, 2.75) is 5.92 Å². The second-order valence-electron chi connectivity index (χ2n) is 6.38. The molecule has 28 heavy (non-hydrogen) atoms. The highest BCUT2D eigenvalue weighted by Crippen LogP contribution is 2.41. The van der Waals surface area contributed by atoms with E-state index < -0.39 is 5.92 Å². The standard InChI is InChI=1S/C21H14ClN3O2S/c22-15-6-7-16-18(10-15)24-21(14-4-1-3-13(9-14)11-23)20(16)17(12-25(26)27)19-5-2-8-28-19/h1-10,17,24H,12H2. The number of rotatable bonds is 5. The smallest absolute Gasteiger partial charge is 0.215 e. The Kier molecular flexibility index (Phi) is 4.86. The molecule has 4 aromatic rings. The number of H-pyrrole nitrogens is 1. The Labute approximate surface area is 170 Å². The Bertz CT molecular complexity index is 1210. The van der Waals surface area contributed by atoms with Gasteiger partial charge in [0.05, 0.1) is 23.2 Å². The van der Waals surface area contributed by atoms with E-state index in [9.17, 15) is 15.4 Å². The van der Waals surface area contributed by atoms with Crippen LogP contribution in [-0.4, -0.2) is 16.5 Å². The summed E-state index contributed by atoms with van der Waals surface area (Å²) in [4.78, 5) is 15.5. The minimum Gasteiger partial charge on any atom is -0.354 e. The summed E-state index contributed by atoms with van der Waals surface area (Å²) in [5.74, 6) is -0.411. The van der Waals surface area contributed by atoms with Crippen molar-refractivity contribution in [2.24, 2.45) is 0 Å². The van der Waals surface area contributed by atoms with E-state index in [0.717, 1.165) is 32.6 Å². The zero-order chi connectivity index (χ0) is 19.7. The highest BCUT2D eigenvalue weighted by Gasteiger charge is 2.28. The van der Waals surface area contributed by atoms with Crippen molar-refractivity contribution in [1.82, 2.24) is 4.98 Å². The molecule has 0 saturated heterocycles. The van der Waals surface area contributed by atoms with E-state index in [1.807, 2.05) is 41.8 Å². The average Bonchev–Trinajstić information content (AvgIpc) is 3.34. The van der Waals surface area contributed by atoms with Crippen LogP contribution >= 0.6 is 22.9 Å². The second-order valence-corrected chi connectivity index (χ2v) is 7.80. The third-order valence-corrected chi connectivity index (χ3v) is 5.87. The number of fused-ring (bicyclic) bond motifs is 1. The van der Waals surface area contributed by atoms with Crippen LogP contribution in [0.25, 0.3) is 22.2 Å². The third-order valence-electron chi connectivity index (χ3n) is 4.65. The van der Waals surface area contributed by atoms with Crippen LogP contribution in [0.3, 0.4) is 0 Å². The Morgan fingerprint density at radius 1 is 1.21 bits per heavy atom. The van der Waals surface area contributed by atoms with Gasteiger partial charge in [-0.1, -0.05) is 35.9 Å². The summed E-state index contributed by atoms with van der Waals surface area (Å²) in [6.45, 7) is -0.221. The van der Waals surface area contributed by atoms with E-state index in [-0.39, 0.29) is 11.5 Å². The maximum atomic E-state index is 11.5. The number of nitrogens with one attached hydrogen (secondary N) is 1. The van der Waals surface area contributed by atoms with Crippen LogP contribution in [0.15, 0.2) is 60.0 Å². The Morgan fingerprint density at radius 3 is 2.79 bits per heavy atom. The summed E-state index contributed by atoms with van der Waals surface area (Å²) in [7, 11) is 0. The molecule has 0 fully saturated rings. The van der Waals surface area contributed by atoms with Crippen molar-refractivity contribution >= 4 is 33.8 Å². The Balaban J connectivity index is 2.02. The molecule has 7 heteroatoms. The predicted molar refractivity (Wildman–Crippen MR) is 111 cm³/mol. The molecule has 0 aliphatic carbocycles. The number of halogens is 1. The van der Waals surface area contributed by atoms with Gasteiger partial charge in [0.25, 0.3) is 0 Å². The number of hydrogen-bond acceptors (Lipinski definition) is 4. The van der Waals surface area contributed by atoms with Crippen molar-refractivity contribution in [3.05, 3.63) is 91.1 Å². The van der Waals surface area contributed by atoms with Crippen LogP contribution in [0.2, 0.25) is 5.02 Å². The lowest BCUT2D eigenvalue weighted by Gasteiger charge is -2.14. The van der Waals surface area contributed by atoms with Gasteiger partial charge in [-0.3, -0.25) is 10.1 Å². The fourth-order valence-corrected chi connectivity index (χ4v) is 4.49. The largest absolute Gasteiger partial charge is 0.354 e. The number of benzene rings is 2. The van der Waals surface area contributed by atoms with Crippen molar-refractivity contribution in [3.8, 4) is 17.3 Å². The predicted octanol–water partition coefficient (Wildman–Crippen LogP) is 5.83. The molecule has 0 aliphatic heterocycles. The molecule has 0 spiro atoms. The van der Waals surface area contributed by atoms with Crippen molar-refractivity contribution in [1.29, 1.82) is 5.26 Å². The van der Waals surface area contributed by atoms with E-state index in [2.05, 4.69) is 11.1 Å². The zero-order valence-corrected chi connectivity index (χ0v) is 16.1. The quantitative estimate of drug-likeness (QED) is 0.333. The second kappa shape index (κ2) is 7.47. The maximum absolute atomic E-state index is 11.5. The molecular formula is C21H14ClN3O2S. The first-order valence-corrected chi connectivity index (χ1v) is 9.79. The SMILES string of the molecule is N#Cc1cccc(-c2[nH]c3cc(Cl)ccc3c2C(C[N+](=O)[O-])c2cccs2)c1. The molecule has 1 N–H and O–H groups in total. The lowest BCUT2D eigenvalue weighted by Crippen LogP contribution is -2.13. The number of hydrogen-bond donors (Lipinski definition) is 1. The molecule has 138 valence electrons. The number of nitro groups is 1. The summed E-state index contributed by atoms with van der Waals surface area (Å²) >= 11 is 7.67. The van der Waals surface area contributed by atoms with Crippen LogP contribution in [-0.2, 0) is 0 Å². The van der Waals surface area contributed by atoms with Gasteiger partial charge in [0, 0.05) is 31.3 Å². The van der Waals surface area contributed by atoms with Crippen molar-refractivity contribution < 1.29 is 4.92 Å². The zero-order valence-electron chi connectivity index (χ0n) is 14.6. The van der Waals surface area contributed by atoms with Gasteiger partial charge in [-0.25, -0.2) is 0 Å². The van der Waals surface area contributed by atoms with Crippen LogP contribution in [0.5, 0.6) is 0 Å². The third kappa shape index (κ3) is 3.38.